The zero-order chi connectivity index (χ0) is 18.0. The van der Waals surface area contributed by atoms with Crippen molar-refractivity contribution in [2.75, 3.05) is 7.11 Å². The van der Waals surface area contributed by atoms with Gasteiger partial charge < -0.3 is 14.9 Å². The minimum Gasteiger partial charge on any atom is -0.496 e. The first-order valence-electron chi connectivity index (χ1n) is 6.50. The molecule has 0 fully saturated rings. The van der Waals surface area contributed by atoms with E-state index in [2.05, 4.69) is 0 Å². The lowest BCUT2D eigenvalue weighted by atomic mass is 9.88. The molecule has 0 heterocycles. The summed E-state index contributed by atoms with van der Waals surface area (Å²) in [6.45, 7) is 2.75. The quantitative estimate of drug-likeness (QED) is 0.810. The van der Waals surface area contributed by atoms with Crippen LogP contribution in [-0.2, 0) is 4.79 Å². The number of carbonyl (C=O) groups is 1. The molecule has 0 aliphatic heterocycles. The van der Waals surface area contributed by atoms with E-state index < -0.39 is 30.0 Å². The van der Waals surface area contributed by atoms with Crippen LogP contribution in [0.3, 0.4) is 0 Å². The van der Waals surface area contributed by atoms with E-state index in [9.17, 15) is 27.5 Å². The molecule has 0 aliphatic rings. The fourth-order valence-electron chi connectivity index (χ4n) is 2.11. The molecule has 0 aliphatic carbocycles. The normalized spacial score (nSPS) is 15.2. The molecule has 4 nitrogen and oxygen atoms in total. The van der Waals surface area contributed by atoms with Gasteiger partial charge in [-0.3, -0.25) is 0 Å². The average Bonchev–Trinajstić information content (AvgIpc) is 2.46. The number of benzene rings is 1. The highest BCUT2D eigenvalue weighted by molar-refractivity contribution is 5.83. The average molecular weight is 336 g/mol. The zero-order valence-electron chi connectivity index (χ0n) is 12.7. The molecular weight excluding hydrogens is 320 g/mol. The lowest BCUT2D eigenvalue weighted by molar-refractivity contribution is -0.258. The summed E-state index contributed by atoms with van der Waals surface area (Å²) in [6.07, 6.45) is -5.39. The van der Waals surface area contributed by atoms with E-state index in [0.717, 1.165) is 6.07 Å². The molecule has 1 unspecified atom stereocenters. The third-order valence-electron chi connectivity index (χ3n) is 3.51. The predicted molar refractivity (Wildman–Crippen MR) is 74.6 cm³/mol. The highest BCUT2D eigenvalue weighted by Gasteiger charge is 2.60. The van der Waals surface area contributed by atoms with Gasteiger partial charge in [-0.05, 0) is 31.6 Å². The molecule has 0 saturated carbocycles. The SMILES string of the molecule is CC=C(CC(O)(C(=O)O)C(F)(F)F)c1ccc(F)c(C)c1OC. The minimum absolute atomic E-state index is 0.0204. The van der Waals surface area contributed by atoms with Crippen LogP contribution in [0.5, 0.6) is 5.75 Å². The number of halogens is 4. The summed E-state index contributed by atoms with van der Waals surface area (Å²) in [5.41, 5.74) is -3.94. The Bertz CT molecular complexity index is 637. The number of rotatable bonds is 5. The van der Waals surface area contributed by atoms with Crippen molar-refractivity contribution in [1.29, 1.82) is 0 Å². The second-order valence-corrected chi connectivity index (χ2v) is 4.91. The monoisotopic (exact) mass is 336 g/mol. The number of hydrogen-bond donors (Lipinski definition) is 2. The fraction of sp³-hybridized carbons (Fsp3) is 0.400. The molecule has 1 rings (SSSR count). The van der Waals surface area contributed by atoms with Crippen molar-refractivity contribution in [2.45, 2.75) is 32.0 Å². The largest absolute Gasteiger partial charge is 0.496 e. The Labute approximate surface area is 130 Å². The summed E-state index contributed by atoms with van der Waals surface area (Å²) in [5.74, 6) is -3.06. The van der Waals surface area contributed by atoms with E-state index in [-0.39, 0.29) is 22.4 Å². The van der Waals surface area contributed by atoms with Gasteiger partial charge in [0.15, 0.2) is 0 Å². The van der Waals surface area contributed by atoms with E-state index in [4.69, 9.17) is 9.84 Å². The van der Waals surface area contributed by atoms with Gasteiger partial charge in [0.25, 0.3) is 5.60 Å². The molecule has 0 bridgehead atoms. The third kappa shape index (κ3) is 3.47. The van der Waals surface area contributed by atoms with E-state index in [0.29, 0.717) is 0 Å². The molecule has 1 atom stereocenters. The van der Waals surface area contributed by atoms with Gasteiger partial charge in [-0.25, -0.2) is 9.18 Å². The van der Waals surface area contributed by atoms with Crippen LogP contribution < -0.4 is 4.74 Å². The predicted octanol–water partition coefficient (Wildman–Crippen LogP) is 3.31. The number of carboxylic acids is 1. The van der Waals surface area contributed by atoms with E-state index in [1.165, 1.54) is 33.1 Å². The van der Waals surface area contributed by atoms with Gasteiger partial charge in [0, 0.05) is 17.5 Å². The van der Waals surface area contributed by atoms with Crippen molar-refractivity contribution in [2.24, 2.45) is 0 Å². The maximum absolute atomic E-state index is 13.5. The topological polar surface area (TPSA) is 66.8 Å². The number of carboxylic acid groups (broad SMARTS) is 1. The Morgan fingerprint density at radius 3 is 2.30 bits per heavy atom. The van der Waals surface area contributed by atoms with Crippen molar-refractivity contribution in [3.8, 4) is 5.75 Å². The van der Waals surface area contributed by atoms with Crippen LogP contribution in [0.2, 0.25) is 0 Å². The first-order chi connectivity index (χ1) is 10.5. The second kappa shape index (κ2) is 6.57. The van der Waals surface area contributed by atoms with E-state index >= 15 is 0 Å². The maximum Gasteiger partial charge on any atom is 0.428 e. The summed E-state index contributed by atoms with van der Waals surface area (Å²) >= 11 is 0. The fourth-order valence-corrected chi connectivity index (χ4v) is 2.11. The van der Waals surface area contributed by atoms with Crippen molar-refractivity contribution in [3.05, 3.63) is 35.2 Å². The minimum atomic E-state index is -5.38. The van der Waals surface area contributed by atoms with Crippen molar-refractivity contribution in [1.82, 2.24) is 0 Å². The van der Waals surface area contributed by atoms with Crippen LogP contribution in [0, 0.1) is 12.7 Å². The smallest absolute Gasteiger partial charge is 0.428 e. The molecule has 0 radical (unpaired) electrons. The van der Waals surface area contributed by atoms with Gasteiger partial charge in [0.1, 0.15) is 11.6 Å². The molecule has 0 amide bonds. The number of allylic oxidation sites excluding steroid dienone is 1. The lowest BCUT2D eigenvalue weighted by Crippen LogP contribution is -2.52. The second-order valence-electron chi connectivity index (χ2n) is 4.91. The van der Waals surface area contributed by atoms with Gasteiger partial charge in [0.2, 0.25) is 0 Å². The molecule has 23 heavy (non-hydrogen) atoms. The first-order valence-corrected chi connectivity index (χ1v) is 6.50. The third-order valence-corrected chi connectivity index (χ3v) is 3.51. The number of alkyl halides is 3. The Morgan fingerprint density at radius 2 is 1.91 bits per heavy atom. The highest BCUT2D eigenvalue weighted by Crippen LogP contribution is 2.41. The standard InChI is InChI=1S/C15H16F4O4/c1-4-9(7-14(22,13(20)21)15(17,18)19)10-5-6-11(16)8(2)12(10)23-3/h4-6,22H,7H2,1-3H3,(H,20,21). The molecule has 1 aromatic rings. The summed E-state index contributed by atoms with van der Waals surface area (Å²) in [6, 6.07) is 2.21. The molecule has 0 spiro atoms. The highest BCUT2D eigenvalue weighted by atomic mass is 19.4. The number of ether oxygens (including phenoxy) is 1. The van der Waals surface area contributed by atoms with Crippen LogP contribution in [0.4, 0.5) is 17.6 Å². The van der Waals surface area contributed by atoms with Crippen LogP contribution >= 0.6 is 0 Å². The molecule has 8 heteroatoms. The Morgan fingerprint density at radius 1 is 1.35 bits per heavy atom. The summed E-state index contributed by atoms with van der Waals surface area (Å²) < 4.78 is 57.4. The summed E-state index contributed by atoms with van der Waals surface area (Å²) in [4.78, 5) is 10.9. The van der Waals surface area contributed by atoms with Gasteiger partial charge in [-0.1, -0.05) is 6.08 Å². The van der Waals surface area contributed by atoms with Gasteiger partial charge in [-0.2, -0.15) is 13.2 Å². The van der Waals surface area contributed by atoms with Crippen LogP contribution in [0.15, 0.2) is 18.2 Å². The van der Waals surface area contributed by atoms with Crippen molar-refractivity contribution >= 4 is 11.5 Å². The Balaban J connectivity index is 3.42. The summed E-state index contributed by atoms with van der Waals surface area (Å²) in [5, 5.41) is 18.4. The van der Waals surface area contributed by atoms with Crippen molar-refractivity contribution in [3.63, 3.8) is 0 Å². The molecule has 0 aromatic heterocycles. The maximum atomic E-state index is 13.5. The first kappa shape index (κ1) is 19.0. The molecule has 0 saturated heterocycles. The number of aliphatic carboxylic acids is 1. The van der Waals surface area contributed by atoms with E-state index in [1.807, 2.05) is 0 Å². The van der Waals surface area contributed by atoms with Crippen LogP contribution in [-0.4, -0.2) is 35.1 Å². The molecule has 128 valence electrons. The van der Waals surface area contributed by atoms with Gasteiger partial charge in [-0.15, -0.1) is 0 Å². The Kier molecular flexibility index (Phi) is 5.42. The lowest BCUT2D eigenvalue weighted by Gasteiger charge is -2.27. The zero-order valence-corrected chi connectivity index (χ0v) is 12.7. The molecular formula is C15H16F4O4. The van der Waals surface area contributed by atoms with Crippen LogP contribution in [0.25, 0.3) is 5.57 Å². The molecule has 2 N–H and O–H groups in total. The van der Waals surface area contributed by atoms with Gasteiger partial charge >= 0.3 is 12.1 Å². The molecule has 1 aromatic carbocycles. The van der Waals surface area contributed by atoms with Crippen LogP contribution in [0.1, 0.15) is 24.5 Å². The number of hydrogen-bond acceptors (Lipinski definition) is 3. The summed E-state index contributed by atoms with van der Waals surface area (Å²) in [7, 11) is 1.21. The van der Waals surface area contributed by atoms with E-state index in [1.54, 1.807) is 0 Å². The number of methoxy groups -OCH3 is 1. The number of aliphatic hydroxyl groups is 1. The van der Waals surface area contributed by atoms with Gasteiger partial charge in [0.05, 0.1) is 7.11 Å². The van der Waals surface area contributed by atoms with Crippen molar-refractivity contribution < 1.29 is 37.3 Å². The Hall–Kier alpha value is -2.09.